The van der Waals surface area contributed by atoms with Crippen LogP contribution in [0.1, 0.15) is 23.6 Å². The van der Waals surface area contributed by atoms with Gasteiger partial charge in [0.2, 0.25) is 11.8 Å². The van der Waals surface area contributed by atoms with E-state index in [1.54, 1.807) is 12.4 Å². The number of anilines is 1. The zero-order chi connectivity index (χ0) is 16.8. The fourth-order valence-electron chi connectivity index (χ4n) is 2.24. The van der Waals surface area contributed by atoms with Crippen LogP contribution in [0.5, 0.6) is 0 Å². The summed E-state index contributed by atoms with van der Waals surface area (Å²) in [7, 11) is 0. The number of carbonyl (C=O) groups excluding carboxylic acids is 2. The highest BCUT2D eigenvalue weighted by atomic mass is 16.2. The van der Waals surface area contributed by atoms with Crippen LogP contribution in [-0.2, 0) is 16.1 Å². The number of hydrogen-bond donors (Lipinski definition) is 1. The van der Waals surface area contributed by atoms with Gasteiger partial charge in [0.05, 0.1) is 0 Å². The van der Waals surface area contributed by atoms with Crippen LogP contribution in [0.4, 0.5) is 5.69 Å². The molecule has 2 aromatic rings. The van der Waals surface area contributed by atoms with Crippen LogP contribution in [0.3, 0.4) is 0 Å². The molecule has 0 spiro atoms. The van der Waals surface area contributed by atoms with Crippen molar-refractivity contribution < 1.29 is 9.59 Å². The lowest BCUT2D eigenvalue weighted by molar-refractivity contribution is -0.133. The lowest BCUT2D eigenvalue weighted by atomic mass is 10.1. The topological polar surface area (TPSA) is 62.3 Å². The first-order chi connectivity index (χ1) is 11.0. The molecule has 0 aliphatic carbocycles. The molecule has 0 unspecified atom stereocenters. The van der Waals surface area contributed by atoms with Crippen molar-refractivity contribution in [2.75, 3.05) is 11.9 Å². The van der Waals surface area contributed by atoms with Crippen molar-refractivity contribution >= 4 is 17.5 Å². The maximum Gasteiger partial charge on any atom is 0.244 e. The molecule has 1 N–H and O–H groups in total. The van der Waals surface area contributed by atoms with Crippen molar-refractivity contribution in [3.63, 3.8) is 0 Å². The molecular formula is C18H21N3O2. The predicted octanol–water partition coefficient (Wildman–Crippen LogP) is 2.69. The summed E-state index contributed by atoms with van der Waals surface area (Å²) < 4.78 is 0. The molecule has 5 heteroatoms. The number of nitrogens with one attached hydrogen (secondary N) is 1. The van der Waals surface area contributed by atoms with E-state index >= 15 is 0 Å². The van der Waals surface area contributed by atoms with Crippen molar-refractivity contribution in [3.8, 4) is 0 Å². The quantitative estimate of drug-likeness (QED) is 0.923. The Bertz CT molecular complexity index is 699. The maximum absolute atomic E-state index is 12.3. The van der Waals surface area contributed by atoms with Gasteiger partial charge in [-0.1, -0.05) is 18.2 Å². The number of pyridine rings is 1. The second-order valence-corrected chi connectivity index (χ2v) is 5.53. The molecule has 0 atom stereocenters. The standard InChI is InChI=1S/C18H21N3O2/c1-13-6-4-8-17(14(13)2)20-18(23)12-21(15(3)22)11-16-7-5-9-19-10-16/h4-10H,11-12H2,1-3H3,(H,20,23). The molecule has 1 aromatic heterocycles. The minimum absolute atomic E-state index is 0.0115. The van der Waals surface area contributed by atoms with E-state index in [0.717, 1.165) is 22.4 Å². The van der Waals surface area contributed by atoms with Crippen LogP contribution in [0.2, 0.25) is 0 Å². The van der Waals surface area contributed by atoms with Crippen LogP contribution in [0.15, 0.2) is 42.7 Å². The van der Waals surface area contributed by atoms with Gasteiger partial charge in [-0.3, -0.25) is 14.6 Å². The third-order valence-corrected chi connectivity index (χ3v) is 3.75. The Hall–Kier alpha value is -2.69. The number of carbonyl (C=O) groups is 2. The summed E-state index contributed by atoms with van der Waals surface area (Å²) in [6.45, 7) is 5.79. The number of benzene rings is 1. The minimum Gasteiger partial charge on any atom is -0.329 e. The van der Waals surface area contributed by atoms with E-state index < -0.39 is 0 Å². The molecule has 5 nitrogen and oxygen atoms in total. The number of rotatable bonds is 5. The molecule has 0 fully saturated rings. The average molecular weight is 311 g/mol. The lowest BCUT2D eigenvalue weighted by Crippen LogP contribution is -2.36. The van der Waals surface area contributed by atoms with Gasteiger partial charge in [0.15, 0.2) is 0 Å². The monoisotopic (exact) mass is 311 g/mol. The molecule has 0 saturated carbocycles. The van der Waals surface area contributed by atoms with E-state index in [1.165, 1.54) is 11.8 Å². The summed E-state index contributed by atoms with van der Waals surface area (Å²) in [5.41, 5.74) is 3.81. The van der Waals surface area contributed by atoms with Gasteiger partial charge in [0, 0.05) is 31.5 Å². The van der Waals surface area contributed by atoms with E-state index in [-0.39, 0.29) is 18.4 Å². The third-order valence-electron chi connectivity index (χ3n) is 3.75. The van der Waals surface area contributed by atoms with E-state index in [1.807, 2.05) is 44.2 Å². The van der Waals surface area contributed by atoms with Crippen molar-refractivity contribution in [1.82, 2.24) is 9.88 Å². The van der Waals surface area contributed by atoms with Gasteiger partial charge in [-0.25, -0.2) is 0 Å². The number of nitrogens with zero attached hydrogens (tertiary/aromatic N) is 2. The molecule has 23 heavy (non-hydrogen) atoms. The zero-order valence-electron chi connectivity index (χ0n) is 13.7. The highest BCUT2D eigenvalue weighted by molar-refractivity contribution is 5.95. The third kappa shape index (κ3) is 4.64. The number of amides is 2. The normalized spacial score (nSPS) is 10.2. The van der Waals surface area contributed by atoms with Crippen molar-refractivity contribution in [2.45, 2.75) is 27.3 Å². The van der Waals surface area contributed by atoms with Gasteiger partial charge < -0.3 is 10.2 Å². The smallest absolute Gasteiger partial charge is 0.244 e. The second-order valence-electron chi connectivity index (χ2n) is 5.53. The molecule has 2 rings (SSSR count). The van der Waals surface area contributed by atoms with E-state index in [2.05, 4.69) is 10.3 Å². The highest BCUT2D eigenvalue weighted by Crippen LogP contribution is 2.18. The number of aromatic nitrogens is 1. The van der Waals surface area contributed by atoms with Crippen LogP contribution in [0, 0.1) is 13.8 Å². The SMILES string of the molecule is CC(=O)N(CC(=O)Nc1cccc(C)c1C)Cc1cccnc1. The number of hydrogen-bond acceptors (Lipinski definition) is 3. The van der Waals surface area contributed by atoms with Gasteiger partial charge in [0.25, 0.3) is 0 Å². The summed E-state index contributed by atoms with van der Waals surface area (Å²) >= 11 is 0. The van der Waals surface area contributed by atoms with Gasteiger partial charge in [0.1, 0.15) is 6.54 Å². The Balaban J connectivity index is 2.03. The fraction of sp³-hybridized carbons (Fsp3) is 0.278. The molecule has 0 bridgehead atoms. The summed E-state index contributed by atoms with van der Waals surface area (Å²) in [6, 6.07) is 9.44. The Kier molecular flexibility index (Phi) is 5.46. The molecular weight excluding hydrogens is 290 g/mol. The van der Waals surface area contributed by atoms with Gasteiger partial charge in [-0.05, 0) is 42.7 Å². The molecule has 1 heterocycles. The van der Waals surface area contributed by atoms with Crippen molar-refractivity contribution in [3.05, 3.63) is 59.4 Å². The van der Waals surface area contributed by atoms with Crippen LogP contribution in [-0.4, -0.2) is 28.2 Å². The molecule has 0 saturated heterocycles. The largest absolute Gasteiger partial charge is 0.329 e. The molecule has 1 aromatic carbocycles. The predicted molar refractivity (Wildman–Crippen MR) is 89.9 cm³/mol. The molecule has 2 amide bonds. The van der Waals surface area contributed by atoms with Crippen molar-refractivity contribution in [2.24, 2.45) is 0 Å². The minimum atomic E-state index is -0.210. The van der Waals surface area contributed by atoms with Crippen molar-refractivity contribution in [1.29, 1.82) is 0 Å². The molecule has 120 valence electrons. The van der Waals surface area contributed by atoms with E-state index in [4.69, 9.17) is 0 Å². The van der Waals surface area contributed by atoms with Gasteiger partial charge >= 0.3 is 0 Å². The second kappa shape index (κ2) is 7.54. The Morgan fingerprint density at radius 3 is 2.61 bits per heavy atom. The summed E-state index contributed by atoms with van der Waals surface area (Å²) in [5.74, 6) is -0.359. The lowest BCUT2D eigenvalue weighted by Gasteiger charge is -2.21. The zero-order valence-corrected chi connectivity index (χ0v) is 13.7. The first kappa shape index (κ1) is 16.7. The van der Waals surface area contributed by atoms with Crippen LogP contribution < -0.4 is 5.32 Å². The summed E-state index contributed by atoms with van der Waals surface area (Å²) in [6.07, 6.45) is 3.37. The average Bonchev–Trinajstić information content (AvgIpc) is 2.52. The van der Waals surface area contributed by atoms with E-state index in [0.29, 0.717) is 6.54 Å². The van der Waals surface area contributed by atoms with Crippen LogP contribution in [0.25, 0.3) is 0 Å². The Morgan fingerprint density at radius 1 is 1.17 bits per heavy atom. The highest BCUT2D eigenvalue weighted by Gasteiger charge is 2.15. The summed E-state index contributed by atoms with van der Waals surface area (Å²) in [4.78, 5) is 29.6. The fourth-order valence-corrected chi connectivity index (χ4v) is 2.24. The summed E-state index contributed by atoms with van der Waals surface area (Å²) in [5, 5.41) is 2.87. The first-order valence-electron chi connectivity index (χ1n) is 7.48. The Morgan fingerprint density at radius 2 is 1.96 bits per heavy atom. The first-order valence-corrected chi connectivity index (χ1v) is 7.48. The Labute approximate surface area is 136 Å². The molecule has 0 radical (unpaired) electrons. The maximum atomic E-state index is 12.3. The van der Waals surface area contributed by atoms with Crippen LogP contribution >= 0.6 is 0 Å². The van der Waals surface area contributed by atoms with Gasteiger partial charge in [-0.2, -0.15) is 0 Å². The van der Waals surface area contributed by atoms with Gasteiger partial charge in [-0.15, -0.1) is 0 Å². The van der Waals surface area contributed by atoms with E-state index in [9.17, 15) is 9.59 Å². The number of aryl methyl sites for hydroxylation is 1. The molecule has 0 aliphatic rings. The molecule has 0 aliphatic heterocycles.